The Morgan fingerprint density at radius 2 is 1.42 bits per heavy atom. The number of esters is 2. The second-order valence-electron chi connectivity index (χ2n) is 5.46. The molecule has 2 aromatic carbocycles. The lowest BCUT2D eigenvalue weighted by Gasteiger charge is -2.08. The highest BCUT2D eigenvalue weighted by atomic mass is 16.5. The van der Waals surface area contributed by atoms with Gasteiger partial charge in [0.2, 0.25) is 0 Å². The van der Waals surface area contributed by atoms with E-state index in [1.807, 2.05) is 6.92 Å². The summed E-state index contributed by atoms with van der Waals surface area (Å²) in [5.74, 6) is -1.52. The van der Waals surface area contributed by atoms with Gasteiger partial charge in [0.05, 0.1) is 17.7 Å². The first-order valence-electron chi connectivity index (χ1n) is 8.09. The fourth-order valence-corrected chi connectivity index (χ4v) is 2.00. The van der Waals surface area contributed by atoms with E-state index in [9.17, 15) is 14.4 Å². The summed E-state index contributed by atoms with van der Waals surface area (Å²) in [6.45, 7) is 1.84. The molecule has 0 heterocycles. The van der Waals surface area contributed by atoms with Crippen LogP contribution in [0.1, 0.15) is 34.1 Å². The van der Waals surface area contributed by atoms with Crippen molar-refractivity contribution in [1.29, 1.82) is 0 Å². The molecule has 0 fully saturated rings. The van der Waals surface area contributed by atoms with E-state index in [1.54, 1.807) is 36.4 Å². The van der Waals surface area contributed by atoms with Crippen LogP contribution in [0.2, 0.25) is 0 Å². The summed E-state index contributed by atoms with van der Waals surface area (Å²) >= 11 is 0. The smallest absolute Gasteiger partial charge is 0.338 e. The molecule has 0 aromatic heterocycles. The zero-order valence-corrected chi connectivity index (χ0v) is 14.4. The molecule has 3 N–H and O–H groups in total. The van der Waals surface area contributed by atoms with Crippen LogP contribution in [0.3, 0.4) is 0 Å². The lowest BCUT2D eigenvalue weighted by atomic mass is 10.2. The second kappa shape index (κ2) is 9.22. The summed E-state index contributed by atoms with van der Waals surface area (Å²) in [6, 6.07) is 12.4. The van der Waals surface area contributed by atoms with Crippen LogP contribution in [0.4, 0.5) is 11.4 Å². The second-order valence-corrected chi connectivity index (χ2v) is 5.46. The molecule has 0 saturated heterocycles. The fraction of sp³-hybridized carbons (Fsp3) is 0.211. The molecule has 2 rings (SSSR count). The minimum absolute atomic E-state index is 0.307. The molecule has 1 amide bonds. The molecule has 0 aliphatic heterocycles. The van der Waals surface area contributed by atoms with Gasteiger partial charge < -0.3 is 20.5 Å². The summed E-state index contributed by atoms with van der Waals surface area (Å²) in [6.07, 6.45) is 0.745. The highest BCUT2D eigenvalue weighted by molar-refractivity contribution is 5.96. The average Bonchev–Trinajstić information content (AvgIpc) is 2.65. The van der Waals surface area contributed by atoms with E-state index in [-0.39, 0.29) is 0 Å². The van der Waals surface area contributed by atoms with E-state index in [1.165, 1.54) is 12.1 Å². The van der Waals surface area contributed by atoms with Gasteiger partial charge in [-0.2, -0.15) is 0 Å². The Bertz CT molecular complexity index is 770. The van der Waals surface area contributed by atoms with Gasteiger partial charge >= 0.3 is 11.9 Å². The molecule has 7 nitrogen and oxygen atoms in total. The Kier molecular flexibility index (Phi) is 6.73. The standard InChI is InChI=1S/C19H20N2O5/c1-2-11-25-18(23)14-5-9-16(10-6-14)21-17(22)12-26-19(24)13-3-7-15(20)8-4-13/h3-10H,2,11-12,20H2,1H3,(H,21,22). The van der Waals surface area contributed by atoms with Crippen LogP contribution in [0.5, 0.6) is 0 Å². The number of benzene rings is 2. The number of hydrogen-bond acceptors (Lipinski definition) is 6. The number of nitrogen functional groups attached to an aromatic ring is 1. The SMILES string of the molecule is CCCOC(=O)c1ccc(NC(=O)COC(=O)c2ccc(N)cc2)cc1. The third-order valence-corrected chi connectivity index (χ3v) is 3.32. The molecule has 0 spiro atoms. The van der Waals surface area contributed by atoms with Gasteiger partial charge in [-0.3, -0.25) is 4.79 Å². The zero-order chi connectivity index (χ0) is 18.9. The summed E-state index contributed by atoms with van der Waals surface area (Å²) in [4.78, 5) is 35.4. The Balaban J connectivity index is 1.82. The molecule has 0 bridgehead atoms. The minimum Gasteiger partial charge on any atom is -0.462 e. The highest BCUT2D eigenvalue weighted by Crippen LogP contribution is 2.11. The molecule has 0 saturated carbocycles. The van der Waals surface area contributed by atoms with E-state index in [0.717, 1.165) is 6.42 Å². The van der Waals surface area contributed by atoms with E-state index < -0.39 is 24.5 Å². The quantitative estimate of drug-likeness (QED) is 0.583. The van der Waals surface area contributed by atoms with E-state index in [0.29, 0.717) is 29.1 Å². The van der Waals surface area contributed by atoms with Crippen molar-refractivity contribution in [2.24, 2.45) is 0 Å². The molecule has 0 aliphatic carbocycles. The largest absolute Gasteiger partial charge is 0.462 e. The summed E-state index contributed by atoms with van der Waals surface area (Å²) in [5, 5.41) is 2.58. The first kappa shape index (κ1) is 19.0. The number of rotatable bonds is 7. The highest BCUT2D eigenvalue weighted by Gasteiger charge is 2.11. The van der Waals surface area contributed by atoms with Gasteiger partial charge in [-0.1, -0.05) is 6.92 Å². The maximum Gasteiger partial charge on any atom is 0.338 e. The Morgan fingerprint density at radius 1 is 0.885 bits per heavy atom. The van der Waals surface area contributed by atoms with Gasteiger partial charge in [0.15, 0.2) is 6.61 Å². The van der Waals surface area contributed by atoms with Crippen molar-refractivity contribution in [3.63, 3.8) is 0 Å². The number of nitrogens with two attached hydrogens (primary N) is 1. The van der Waals surface area contributed by atoms with E-state index in [2.05, 4.69) is 5.32 Å². The lowest BCUT2D eigenvalue weighted by Crippen LogP contribution is -2.21. The number of hydrogen-bond donors (Lipinski definition) is 2. The van der Waals surface area contributed by atoms with Crippen molar-refractivity contribution in [2.45, 2.75) is 13.3 Å². The van der Waals surface area contributed by atoms with Crippen molar-refractivity contribution in [3.8, 4) is 0 Å². The first-order valence-corrected chi connectivity index (χ1v) is 8.09. The fourth-order valence-electron chi connectivity index (χ4n) is 2.00. The third kappa shape index (κ3) is 5.62. The van der Waals surface area contributed by atoms with Gasteiger partial charge in [0.25, 0.3) is 5.91 Å². The molecule has 7 heteroatoms. The van der Waals surface area contributed by atoms with Crippen molar-refractivity contribution < 1.29 is 23.9 Å². The van der Waals surface area contributed by atoms with Crippen LogP contribution in [-0.4, -0.2) is 31.1 Å². The third-order valence-electron chi connectivity index (χ3n) is 3.32. The molecule has 0 unspecified atom stereocenters. The number of nitrogens with one attached hydrogen (secondary N) is 1. The van der Waals surface area contributed by atoms with E-state index in [4.69, 9.17) is 15.2 Å². The van der Waals surface area contributed by atoms with Crippen LogP contribution in [-0.2, 0) is 14.3 Å². The van der Waals surface area contributed by atoms with Crippen LogP contribution < -0.4 is 11.1 Å². The molecule has 0 radical (unpaired) electrons. The van der Waals surface area contributed by atoms with Gasteiger partial charge in [-0.15, -0.1) is 0 Å². The maximum absolute atomic E-state index is 11.9. The lowest BCUT2D eigenvalue weighted by molar-refractivity contribution is -0.119. The summed E-state index contributed by atoms with van der Waals surface area (Å²) in [7, 11) is 0. The van der Waals surface area contributed by atoms with Gasteiger partial charge in [0.1, 0.15) is 0 Å². The molecule has 136 valence electrons. The van der Waals surface area contributed by atoms with Crippen LogP contribution in [0.15, 0.2) is 48.5 Å². The Hall–Kier alpha value is -3.35. The topological polar surface area (TPSA) is 108 Å². The first-order chi connectivity index (χ1) is 12.5. The maximum atomic E-state index is 11.9. The van der Waals surface area contributed by atoms with E-state index >= 15 is 0 Å². The molecular formula is C19H20N2O5. The Morgan fingerprint density at radius 3 is 2.00 bits per heavy atom. The zero-order valence-electron chi connectivity index (χ0n) is 14.4. The monoisotopic (exact) mass is 356 g/mol. The number of ether oxygens (including phenoxy) is 2. The van der Waals surface area contributed by atoms with Gasteiger partial charge in [-0.25, -0.2) is 9.59 Å². The van der Waals surface area contributed by atoms with Gasteiger partial charge in [0, 0.05) is 11.4 Å². The number of anilines is 2. The molecule has 0 atom stereocenters. The van der Waals surface area contributed by atoms with Crippen molar-refractivity contribution in [1.82, 2.24) is 0 Å². The van der Waals surface area contributed by atoms with Crippen LogP contribution in [0, 0.1) is 0 Å². The van der Waals surface area contributed by atoms with Gasteiger partial charge in [-0.05, 0) is 55.0 Å². The number of carbonyl (C=O) groups is 3. The van der Waals surface area contributed by atoms with Crippen molar-refractivity contribution >= 4 is 29.2 Å². The predicted octanol–water partition coefficient (Wildman–Crippen LogP) is 2.63. The normalized spacial score (nSPS) is 10.0. The van der Waals surface area contributed by atoms with Crippen LogP contribution >= 0.6 is 0 Å². The number of amides is 1. The molecule has 0 aliphatic rings. The van der Waals surface area contributed by atoms with Crippen LogP contribution in [0.25, 0.3) is 0 Å². The minimum atomic E-state index is -0.617. The summed E-state index contributed by atoms with van der Waals surface area (Å²) < 4.78 is 9.96. The van der Waals surface area contributed by atoms with Crippen molar-refractivity contribution in [3.05, 3.63) is 59.7 Å². The summed E-state index contributed by atoms with van der Waals surface area (Å²) in [5.41, 5.74) is 7.25. The number of carbonyl (C=O) groups excluding carboxylic acids is 3. The predicted molar refractivity (Wildman–Crippen MR) is 96.8 cm³/mol. The molecule has 2 aromatic rings. The van der Waals surface area contributed by atoms with Crippen molar-refractivity contribution in [2.75, 3.05) is 24.3 Å². The molecular weight excluding hydrogens is 336 g/mol. The Labute approximate surface area is 151 Å². The average molecular weight is 356 g/mol. The molecule has 26 heavy (non-hydrogen) atoms.